The monoisotopic (exact) mass is 240 g/mol. The van der Waals surface area contributed by atoms with Gasteiger partial charge >= 0.3 is 5.97 Å². The van der Waals surface area contributed by atoms with E-state index in [1.807, 2.05) is 0 Å². The Hall–Kier alpha value is -1.75. The molecule has 5 heteroatoms. The minimum atomic E-state index is -1.52. The van der Waals surface area contributed by atoms with Gasteiger partial charge in [0.2, 0.25) is 0 Å². The molecule has 94 valence electrons. The average molecular weight is 240 g/mol. The number of aromatic hydroxyl groups is 1. The van der Waals surface area contributed by atoms with Crippen LogP contribution in [0.1, 0.15) is 22.8 Å². The molecule has 1 aromatic rings. The summed E-state index contributed by atoms with van der Waals surface area (Å²) in [6, 6.07) is 1.54. The Labute approximate surface area is 99.6 Å². The number of hydrogen-bond acceptors (Lipinski definition) is 5. The molecule has 0 saturated heterocycles. The standard InChI is InChI=1S/C12H16O5/c1-6-5-8(10(14)12(15)17-4)9(13)11(16-3)7(6)2/h5,10,13-14H,1-4H3. The summed E-state index contributed by atoms with van der Waals surface area (Å²) in [5, 5.41) is 19.6. The number of esters is 1. The maximum absolute atomic E-state index is 11.2. The Morgan fingerprint density at radius 1 is 1.35 bits per heavy atom. The zero-order valence-corrected chi connectivity index (χ0v) is 10.3. The molecule has 0 spiro atoms. The highest BCUT2D eigenvalue weighted by Crippen LogP contribution is 2.38. The SMILES string of the molecule is COC(=O)C(O)c1cc(C)c(C)c(OC)c1O. The summed E-state index contributed by atoms with van der Waals surface area (Å²) in [6.45, 7) is 3.58. The lowest BCUT2D eigenvalue weighted by molar-refractivity contribution is -0.150. The number of carbonyl (C=O) groups excluding carboxylic acids is 1. The molecular weight excluding hydrogens is 224 g/mol. The molecule has 0 bridgehead atoms. The third-order valence-electron chi connectivity index (χ3n) is 2.72. The smallest absolute Gasteiger partial charge is 0.339 e. The quantitative estimate of drug-likeness (QED) is 0.777. The number of benzene rings is 1. The first kappa shape index (κ1) is 13.3. The molecule has 5 nitrogen and oxygen atoms in total. The molecule has 17 heavy (non-hydrogen) atoms. The largest absolute Gasteiger partial charge is 0.504 e. The normalized spacial score (nSPS) is 12.1. The van der Waals surface area contributed by atoms with Crippen molar-refractivity contribution in [2.45, 2.75) is 20.0 Å². The Morgan fingerprint density at radius 2 is 1.94 bits per heavy atom. The van der Waals surface area contributed by atoms with E-state index in [1.54, 1.807) is 13.8 Å². The molecule has 0 heterocycles. The van der Waals surface area contributed by atoms with Crippen LogP contribution in [-0.2, 0) is 9.53 Å². The highest BCUT2D eigenvalue weighted by Gasteiger charge is 2.25. The van der Waals surface area contributed by atoms with E-state index >= 15 is 0 Å². The molecule has 0 aliphatic carbocycles. The van der Waals surface area contributed by atoms with Crippen molar-refractivity contribution in [2.24, 2.45) is 0 Å². The summed E-state index contributed by atoms with van der Waals surface area (Å²) >= 11 is 0. The van der Waals surface area contributed by atoms with Crippen LogP contribution in [0.5, 0.6) is 11.5 Å². The Balaban J connectivity index is 3.35. The minimum absolute atomic E-state index is 0.0804. The second-order valence-electron chi connectivity index (χ2n) is 3.72. The molecule has 0 amide bonds. The van der Waals surface area contributed by atoms with Crippen molar-refractivity contribution in [1.29, 1.82) is 0 Å². The molecule has 2 N–H and O–H groups in total. The first-order valence-corrected chi connectivity index (χ1v) is 5.07. The van der Waals surface area contributed by atoms with Crippen LogP contribution in [0, 0.1) is 13.8 Å². The maximum atomic E-state index is 11.2. The van der Waals surface area contributed by atoms with Gasteiger partial charge in [0.05, 0.1) is 14.2 Å². The number of phenolic OH excluding ortho intramolecular Hbond substituents is 1. The van der Waals surface area contributed by atoms with Gasteiger partial charge in [-0.25, -0.2) is 4.79 Å². The van der Waals surface area contributed by atoms with E-state index in [9.17, 15) is 15.0 Å². The van der Waals surface area contributed by atoms with Crippen molar-refractivity contribution in [1.82, 2.24) is 0 Å². The fourth-order valence-electron chi connectivity index (χ4n) is 1.59. The third-order valence-corrected chi connectivity index (χ3v) is 2.72. The second kappa shape index (κ2) is 5.05. The summed E-state index contributed by atoms with van der Waals surface area (Å²) in [5.41, 5.74) is 1.64. The van der Waals surface area contributed by atoms with Gasteiger partial charge in [0, 0.05) is 5.56 Å². The van der Waals surface area contributed by atoms with Crippen molar-refractivity contribution >= 4 is 5.97 Å². The van der Waals surface area contributed by atoms with E-state index in [0.717, 1.165) is 11.1 Å². The highest BCUT2D eigenvalue weighted by molar-refractivity contribution is 5.78. The zero-order valence-electron chi connectivity index (χ0n) is 10.3. The van der Waals surface area contributed by atoms with E-state index in [2.05, 4.69) is 4.74 Å². The van der Waals surface area contributed by atoms with Crippen LogP contribution in [0.15, 0.2) is 6.07 Å². The van der Waals surface area contributed by atoms with Crippen LogP contribution in [0.25, 0.3) is 0 Å². The maximum Gasteiger partial charge on any atom is 0.339 e. The van der Waals surface area contributed by atoms with Gasteiger partial charge in [0.15, 0.2) is 17.6 Å². The Morgan fingerprint density at radius 3 is 2.41 bits per heavy atom. The molecule has 0 aliphatic rings. The van der Waals surface area contributed by atoms with Crippen LogP contribution in [0.4, 0.5) is 0 Å². The van der Waals surface area contributed by atoms with E-state index < -0.39 is 12.1 Å². The van der Waals surface area contributed by atoms with Crippen LogP contribution in [0.3, 0.4) is 0 Å². The molecule has 0 radical (unpaired) electrons. The van der Waals surface area contributed by atoms with Crippen molar-refractivity contribution in [2.75, 3.05) is 14.2 Å². The fourth-order valence-corrected chi connectivity index (χ4v) is 1.59. The van der Waals surface area contributed by atoms with Gasteiger partial charge in [-0.1, -0.05) is 0 Å². The lowest BCUT2D eigenvalue weighted by Crippen LogP contribution is -2.14. The van der Waals surface area contributed by atoms with Crippen molar-refractivity contribution in [3.05, 3.63) is 22.8 Å². The fraction of sp³-hybridized carbons (Fsp3) is 0.417. The van der Waals surface area contributed by atoms with Gasteiger partial charge in [0.25, 0.3) is 0 Å². The van der Waals surface area contributed by atoms with E-state index in [1.165, 1.54) is 20.3 Å². The molecule has 1 aromatic carbocycles. The number of aryl methyl sites for hydroxylation is 1. The minimum Gasteiger partial charge on any atom is -0.504 e. The molecule has 1 rings (SSSR count). The van der Waals surface area contributed by atoms with Crippen LogP contribution in [-0.4, -0.2) is 30.4 Å². The Bertz CT molecular complexity index is 439. The van der Waals surface area contributed by atoms with E-state index in [4.69, 9.17) is 4.74 Å². The van der Waals surface area contributed by atoms with Gasteiger partial charge in [-0.2, -0.15) is 0 Å². The molecule has 1 unspecified atom stereocenters. The van der Waals surface area contributed by atoms with Crippen LogP contribution >= 0.6 is 0 Å². The molecule has 0 fully saturated rings. The second-order valence-corrected chi connectivity index (χ2v) is 3.72. The number of carbonyl (C=O) groups is 1. The molecular formula is C12H16O5. The molecule has 1 atom stereocenters. The van der Waals surface area contributed by atoms with Gasteiger partial charge in [-0.15, -0.1) is 0 Å². The summed E-state index contributed by atoms with van der Waals surface area (Å²) in [4.78, 5) is 11.2. The van der Waals surface area contributed by atoms with Crippen LogP contribution < -0.4 is 4.74 Å². The van der Waals surface area contributed by atoms with E-state index in [-0.39, 0.29) is 17.1 Å². The summed E-state index contributed by atoms with van der Waals surface area (Å²) in [5.74, 6) is -0.818. The molecule has 0 aliphatic heterocycles. The predicted octanol–water partition coefficient (Wildman–Crippen LogP) is 1.22. The summed E-state index contributed by atoms with van der Waals surface area (Å²) in [7, 11) is 2.58. The molecule has 0 aromatic heterocycles. The number of rotatable bonds is 3. The first-order chi connectivity index (χ1) is 7.93. The number of methoxy groups -OCH3 is 2. The molecule has 0 saturated carbocycles. The van der Waals surface area contributed by atoms with Crippen molar-refractivity contribution < 1.29 is 24.5 Å². The zero-order chi connectivity index (χ0) is 13.2. The van der Waals surface area contributed by atoms with Gasteiger partial charge in [-0.3, -0.25) is 0 Å². The van der Waals surface area contributed by atoms with Crippen molar-refractivity contribution in [3.8, 4) is 11.5 Å². The lowest BCUT2D eigenvalue weighted by atomic mass is 10.00. The number of phenols is 1. The summed E-state index contributed by atoms with van der Waals surface area (Å²) < 4.78 is 9.47. The number of ether oxygens (including phenoxy) is 2. The van der Waals surface area contributed by atoms with Gasteiger partial charge in [0.1, 0.15) is 0 Å². The average Bonchev–Trinajstić information content (AvgIpc) is 2.32. The predicted molar refractivity (Wildman–Crippen MR) is 61.1 cm³/mol. The number of aliphatic hydroxyl groups excluding tert-OH is 1. The van der Waals surface area contributed by atoms with Crippen LogP contribution in [0.2, 0.25) is 0 Å². The third kappa shape index (κ3) is 2.34. The number of hydrogen-bond donors (Lipinski definition) is 2. The van der Waals surface area contributed by atoms with Crippen molar-refractivity contribution in [3.63, 3.8) is 0 Å². The lowest BCUT2D eigenvalue weighted by Gasteiger charge is -2.16. The topological polar surface area (TPSA) is 76.0 Å². The summed E-state index contributed by atoms with van der Waals surface area (Å²) in [6.07, 6.45) is -1.52. The number of aliphatic hydroxyl groups is 1. The van der Waals surface area contributed by atoms with Gasteiger partial charge < -0.3 is 19.7 Å². The highest BCUT2D eigenvalue weighted by atomic mass is 16.5. The van der Waals surface area contributed by atoms with E-state index in [0.29, 0.717) is 0 Å². The van der Waals surface area contributed by atoms with Gasteiger partial charge in [-0.05, 0) is 31.0 Å². The Kier molecular flexibility index (Phi) is 3.96. The first-order valence-electron chi connectivity index (χ1n) is 5.07.